The zero-order valence-electron chi connectivity index (χ0n) is 9.39. The van der Waals surface area contributed by atoms with E-state index < -0.39 is 0 Å². The summed E-state index contributed by atoms with van der Waals surface area (Å²) in [6.45, 7) is 0. The number of halogens is 1. The number of carbonyl (C=O) groups is 1. The molecule has 0 fully saturated rings. The molecule has 0 radical (unpaired) electrons. The van der Waals surface area contributed by atoms with Gasteiger partial charge in [-0.15, -0.1) is 11.3 Å². The van der Waals surface area contributed by atoms with E-state index in [0.29, 0.717) is 0 Å². The van der Waals surface area contributed by atoms with Crippen LogP contribution < -0.4 is 0 Å². The molecule has 0 aliphatic rings. The highest BCUT2D eigenvalue weighted by Crippen LogP contribution is 2.26. The van der Waals surface area contributed by atoms with Crippen LogP contribution in [0, 0.1) is 0 Å². The number of rotatable bonds is 2. The predicted molar refractivity (Wildman–Crippen MR) is 79.4 cm³/mol. The van der Waals surface area contributed by atoms with Gasteiger partial charge in [-0.2, -0.15) is 0 Å². The molecular formula is C15H9BrOS. The quantitative estimate of drug-likeness (QED) is 0.615. The molecule has 0 aliphatic heterocycles. The van der Waals surface area contributed by atoms with Gasteiger partial charge in [0.25, 0.3) is 0 Å². The maximum absolute atomic E-state index is 12.4. The van der Waals surface area contributed by atoms with Gasteiger partial charge in [-0.25, -0.2) is 0 Å². The van der Waals surface area contributed by atoms with Crippen molar-refractivity contribution in [3.8, 4) is 0 Å². The fourth-order valence-corrected chi connectivity index (χ4v) is 3.43. The molecule has 3 aromatic rings. The third kappa shape index (κ3) is 2.00. The molecule has 3 rings (SSSR count). The lowest BCUT2D eigenvalue weighted by atomic mass is 10.0. The summed E-state index contributed by atoms with van der Waals surface area (Å²) in [7, 11) is 0. The van der Waals surface area contributed by atoms with Crippen molar-refractivity contribution in [2.45, 2.75) is 0 Å². The largest absolute Gasteiger partial charge is 0.288 e. The monoisotopic (exact) mass is 316 g/mol. The number of hydrogen-bond donors (Lipinski definition) is 0. The van der Waals surface area contributed by atoms with Crippen molar-refractivity contribution in [1.29, 1.82) is 0 Å². The molecule has 0 saturated heterocycles. The molecule has 0 bridgehead atoms. The molecule has 3 heteroatoms. The lowest BCUT2D eigenvalue weighted by molar-refractivity contribution is 0.104. The topological polar surface area (TPSA) is 17.1 Å². The van der Waals surface area contributed by atoms with Gasteiger partial charge in [-0.3, -0.25) is 4.79 Å². The Morgan fingerprint density at radius 1 is 1.00 bits per heavy atom. The minimum Gasteiger partial charge on any atom is -0.288 e. The minimum atomic E-state index is 0.0719. The first-order chi connectivity index (χ1) is 8.75. The Hall–Kier alpha value is -1.45. The summed E-state index contributed by atoms with van der Waals surface area (Å²) in [5.74, 6) is 0.0719. The first kappa shape index (κ1) is 11.6. The number of carbonyl (C=O) groups excluding carboxylic acids is 1. The summed E-state index contributed by atoms with van der Waals surface area (Å²) < 4.78 is 0.866. The van der Waals surface area contributed by atoms with Crippen LogP contribution in [0.15, 0.2) is 58.4 Å². The van der Waals surface area contributed by atoms with Crippen LogP contribution in [0.5, 0.6) is 0 Å². The standard InChI is InChI=1S/C15H9BrOS/c16-13-7-8-18-15(13)14(17)12-6-5-10-3-1-2-4-11(10)9-12/h1-9H. The van der Waals surface area contributed by atoms with Crippen LogP contribution in [-0.4, -0.2) is 5.78 Å². The van der Waals surface area contributed by atoms with E-state index in [0.717, 1.165) is 25.7 Å². The molecule has 2 aromatic carbocycles. The number of ketones is 1. The van der Waals surface area contributed by atoms with Crippen LogP contribution in [0.4, 0.5) is 0 Å². The van der Waals surface area contributed by atoms with Crippen LogP contribution in [0.3, 0.4) is 0 Å². The van der Waals surface area contributed by atoms with Crippen LogP contribution in [0.2, 0.25) is 0 Å². The van der Waals surface area contributed by atoms with Gasteiger partial charge in [0.1, 0.15) is 0 Å². The van der Waals surface area contributed by atoms with E-state index in [9.17, 15) is 4.79 Å². The molecule has 88 valence electrons. The van der Waals surface area contributed by atoms with Gasteiger partial charge in [0, 0.05) is 10.0 Å². The fraction of sp³-hybridized carbons (Fsp3) is 0. The highest BCUT2D eigenvalue weighted by Gasteiger charge is 2.14. The molecular weight excluding hydrogens is 308 g/mol. The van der Waals surface area contributed by atoms with Gasteiger partial charge in [0.05, 0.1) is 4.88 Å². The lowest BCUT2D eigenvalue weighted by Crippen LogP contribution is -1.99. The van der Waals surface area contributed by atoms with Crippen LogP contribution >= 0.6 is 27.3 Å². The Labute approximate surface area is 117 Å². The van der Waals surface area contributed by atoms with E-state index in [1.54, 1.807) is 0 Å². The maximum atomic E-state index is 12.4. The van der Waals surface area contributed by atoms with E-state index in [4.69, 9.17) is 0 Å². The molecule has 0 aliphatic carbocycles. The average Bonchev–Trinajstić information content (AvgIpc) is 2.83. The fourth-order valence-electron chi connectivity index (χ4n) is 1.92. The van der Waals surface area contributed by atoms with Crippen LogP contribution in [0.25, 0.3) is 10.8 Å². The van der Waals surface area contributed by atoms with Gasteiger partial charge in [0.15, 0.2) is 0 Å². The maximum Gasteiger partial charge on any atom is 0.204 e. The average molecular weight is 317 g/mol. The van der Waals surface area contributed by atoms with Crippen molar-refractivity contribution in [3.63, 3.8) is 0 Å². The van der Waals surface area contributed by atoms with E-state index in [1.165, 1.54) is 11.3 Å². The Balaban J connectivity index is 2.10. The van der Waals surface area contributed by atoms with Gasteiger partial charge in [-0.05, 0) is 44.2 Å². The number of fused-ring (bicyclic) bond motifs is 1. The third-order valence-corrected chi connectivity index (χ3v) is 4.67. The third-order valence-electron chi connectivity index (χ3n) is 2.84. The summed E-state index contributed by atoms with van der Waals surface area (Å²) in [6.07, 6.45) is 0. The van der Waals surface area contributed by atoms with Gasteiger partial charge in [-0.1, -0.05) is 36.4 Å². The van der Waals surface area contributed by atoms with E-state index in [2.05, 4.69) is 15.9 Å². The SMILES string of the molecule is O=C(c1ccc2ccccc2c1)c1sccc1Br. The minimum absolute atomic E-state index is 0.0719. The first-order valence-electron chi connectivity index (χ1n) is 5.52. The van der Waals surface area contributed by atoms with Crippen molar-refractivity contribution in [1.82, 2.24) is 0 Å². The Bertz CT molecular complexity index is 730. The second-order valence-electron chi connectivity index (χ2n) is 3.99. The van der Waals surface area contributed by atoms with Crippen LogP contribution in [-0.2, 0) is 0 Å². The van der Waals surface area contributed by atoms with E-state index >= 15 is 0 Å². The summed E-state index contributed by atoms with van der Waals surface area (Å²) >= 11 is 4.86. The van der Waals surface area contributed by atoms with Gasteiger partial charge < -0.3 is 0 Å². The molecule has 1 nitrogen and oxygen atoms in total. The molecule has 0 amide bonds. The molecule has 0 saturated carbocycles. The summed E-state index contributed by atoms with van der Waals surface area (Å²) in [6, 6.07) is 15.8. The zero-order valence-corrected chi connectivity index (χ0v) is 11.8. The molecule has 0 atom stereocenters. The highest BCUT2D eigenvalue weighted by atomic mass is 79.9. The molecule has 0 spiro atoms. The normalized spacial score (nSPS) is 10.7. The molecule has 0 unspecified atom stereocenters. The Morgan fingerprint density at radius 3 is 2.50 bits per heavy atom. The number of hydrogen-bond acceptors (Lipinski definition) is 2. The predicted octanol–water partition coefficient (Wildman–Crippen LogP) is 4.89. The van der Waals surface area contributed by atoms with E-state index in [1.807, 2.05) is 53.9 Å². The summed E-state index contributed by atoms with van der Waals surface area (Å²) in [4.78, 5) is 13.1. The first-order valence-corrected chi connectivity index (χ1v) is 7.19. The van der Waals surface area contributed by atoms with Crippen molar-refractivity contribution in [3.05, 3.63) is 68.8 Å². The Morgan fingerprint density at radius 2 is 1.78 bits per heavy atom. The lowest BCUT2D eigenvalue weighted by Gasteiger charge is -2.02. The van der Waals surface area contributed by atoms with E-state index in [-0.39, 0.29) is 5.78 Å². The molecule has 18 heavy (non-hydrogen) atoms. The van der Waals surface area contributed by atoms with Gasteiger partial charge in [0.2, 0.25) is 5.78 Å². The molecule has 1 aromatic heterocycles. The second kappa shape index (κ2) is 4.67. The van der Waals surface area contributed by atoms with Crippen molar-refractivity contribution >= 4 is 43.8 Å². The number of benzene rings is 2. The smallest absolute Gasteiger partial charge is 0.204 e. The summed E-state index contributed by atoms with van der Waals surface area (Å²) in [5, 5.41) is 4.16. The number of thiophene rings is 1. The summed E-state index contributed by atoms with van der Waals surface area (Å²) in [5.41, 5.74) is 0.733. The highest BCUT2D eigenvalue weighted by molar-refractivity contribution is 9.10. The zero-order chi connectivity index (χ0) is 12.5. The molecule has 1 heterocycles. The van der Waals surface area contributed by atoms with Gasteiger partial charge >= 0.3 is 0 Å². The van der Waals surface area contributed by atoms with Crippen LogP contribution in [0.1, 0.15) is 15.2 Å². The van der Waals surface area contributed by atoms with Crippen molar-refractivity contribution in [2.24, 2.45) is 0 Å². The van der Waals surface area contributed by atoms with Crippen molar-refractivity contribution in [2.75, 3.05) is 0 Å². The molecule has 0 N–H and O–H groups in total. The Kier molecular flexibility index (Phi) is 3.02. The second-order valence-corrected chi connectivity index (χ2v) is 5.76. The van der Waals surface area contributed by atoms with Crippen molar-refractivity contribution < 1.29 is 4.79 Å².